The summed E-state index contributed by atoms with van der Waals surface area (Å²) in [5.74, 6) is -0.144. The zero-order chi connectivity index (χ0) is 21.7. The lowest BCUT2D eigenvalue weighted by molar-refractivity contribution is -0.115. The third-order valence-electron chi connectivity index (χ3n) is 5.48. The van der Waals surface area contributed by atoms with E-state index in [1.807, 2.05) is 42.5 Å². The van der Waals surface area contributed by atoms with E-state index in [1.165, 1.54) is 0 Å². The van der Waals surface area contributed by atoms with Crippen LogP contribution in [0, 0.1) is 0 Å². The smallest absolute Gasteiger partial charge is 0.243 e. The average molecular weight is 436 g/mol. The number of sulfonamides is 1. The molecule has 0 radical (unpaired) electrons. The van der Waals surface area contributed by atoms with Gasteiger partial charge in [0, 0.05) is 24.6 Å². The summed E-state index contributed by atoms with van der Waals surface area (Å²) >= 11 is 0. The summed E-state index contributed by atoms with van der Waals surface area (Å²) in [7, 11) is -3.66. The molecule has 0 bridgehead atoms. The molecule has 1 unspecified atom stereocenters. The largest absolute Gasteiger partial charge is 0.326 e. The lowest BCUT2D eigenvalue weighted by Crippen LogP contribution is -2.38. The number of pyridine rings is 1. The van der Waals surface area contributed by atoms with E-state index in [1.54, 1.807) is 41.0 Å². The van der Waals surface area contributed by atoms with Crippen LogP contribution in [0.2, 0.25) is 0 Å². The van der Waals surface area contributed by atoms with Crippen LogP contribution in [0.15, 0.2) is 84.0 Å². The zero-order valence-electron chi connectivity index (χ0n) is 17.1. The Labute approximate surface area is 183 Å². The standard InChI is InChI=1S/C24H25N3O3S/c28-24(17-19-7-2-1-3-8-19)26-21-11-13-22(14-12-21)31(29,30)27-16-5-4-10-23(27)20-9-6-15-25-18-20/h1-3,6-9,11-15,18,23H,4-5,10,16-17H2,(H,26,28). The van der Waals surface area contributed by atoms with E-state index in [2.05, 4.69) is 10.3 Å². The van der Waals surface area contributed by atoms with Crippen LogP contribution in [-0.2, 0) is 21.2 Å². The van der Waals surface area contributed by atoms with Crippen molar-refractivity contribution in [2.24, 2.45) is 0 Å². The predicted octanol–water partition coefficient (Wildman–Crippen LogP) is 4.18. The first-order chi connectivity index (χ1) is 15.0. The number of nitrogens with zero attached hydrogens (tertiary/aromatic N) is 2. The summed E-state index contributed by atoms with van der Waals surface area (Å²) in [5, 5.41) is 2.83. The van der Waals surface area contributed by atoms with Gasteiger partial charge >= 0.3 is 0 Å². The third kappa shape index (κ3) is 5.00. The summed E-state index contributed by atoms with van der Waals surface area (Å²) in [5.41, 5.74) is 2.41. The number of aromatic nitrogens is 1. The number of amides is 1. The van der Waals surface area contributed by atoms with Crippen LogP contribution < -0.4 is 5.32 Å². The van der Waals surface area contributed by atoms with Crippen LogP contribution in [0.25, 0.3) is 0 Å². The molecule has 160 valence electrons. The molecule has 31 heavy (non-hydrogen) atoms. The van der Waals surface area contributed by atoms with Crippen LogP contribution in [0.3, 0.4) is 0 Å². The van der Waals surface area contributed by atoms with E-state index in [4.69, 9.17) is 0 Å². The minimum Gasteiger partial charge on any atom is -0.326 e. The number of benzene rings is 2. The number of carbonyl (C=O) groups excluding carboxylic acids is 1. The van der Waals surface area contributed by atoms with Gasteiger partial charge in [-0.25, -0.2) is 8.42 Å². The van der Waals surface area contributed by atoms with Crippen LogP contribution in [0.4, 0.5) is 5.69 Å². The highest BCUT2D eigenvalue weighted by atomic mass is 32.2. The van der Waals surface area contributed by atoms with Crippen LogP contribution in [0.1, 0.15) is 36.4 Å². The van der Waals surface area contributed by atoms with Crippen molar-refractivity contribution in [2.75, 3.05) is 11.9 Å². The van der Waals surface area contributed by atoms with Crippen LogP contribution >= 0.6 is 0 Å². The molecule has 1 N–H and O–H groups in total. The van der Waals surface area contributed by atoms with Crippen molar-refractivity contribution in [3.05, 3.63) is 90.3 Å². The highest BCUT2D eigenvalue weighted by Crippen LogP contribution is 2.35. The van der Waals surface area contributed by atoms with Gasteiger partial charge in [0.1, 0.15) is 0 Å². The number of rotatable bonds is 6. The van der Waals surface area contributed by atoms with Gasteiger partial charge in [0.2, 0.25) is 15.9 Å². The Kier molecular flexibility index (Phi) is 6.44. The van der Waals surface area contributed by atoms with E-state index < -0.39 is 10.0 Å². The van der Waals surface area contributed by atoms with Crippen LogP contribution in [-0.4, -0.2) is 30.2 Å². The van der Waals surface area contributed by atoms with Crippen molar-refractivity contribution in [3.63, 3.8) is 0 Å². The van der Waals surface area contributed by atoms with Gasteiger partial charge in [0.15, 0.2) is 0 Å². The fraction of sp³-hybridized carbons (Fsp3) is 0.250. The third-order valence-corrected chi connectivity index (χ3v) is 7.40. The number of piperidine rings is 1. The molecule has 1 amide bonds. The molecule has 7 heteroatoms. The minimum atomic E-state index is -3.66. The highest BCUT2D eigenvalue weighted by Gasteiger charge is 2.34. The van der Waals surface area contributed by atoms with Gasteiger partial charge in [-0.05, 0) is 54.3 Å². The maximum absolute atomic E-state index is 13.4. The molecule has 2 heterocycles. The average Bonchev–Trinajstić information content (AvgIpc) is 2.80. The fourth-order valence-electron chi connectivity index (χ4n) is 3.93. The summed E-state index contributed by atoms with van der Waals surface area (Å²) in [6.45, 7) is 0.484. The quantitative estimate of drug-likeness (QED) is 0.630. The topological polar surface area (TPSA) is 79.4 Å². The second-order valence-electron chi connectivity index (χ2n) is 7.65. The summed E-state index contributed by atoms with van der Waals surface area (Å²) in [4.78, 5) is 16.7. The van der Waals surface area contributed by atoms with E-state index in [0.29, 0.717) is 12.2 Å². The number of hydrogen-bond acceptors (Lipinski definition) is 4. The van der Waals surface area contributed by atoms with Crippen molar-refractivity contribution in [1.29, 1.82) is 0 Å². The Morgan fingerprint density at radius 3 is 2.48 bits per heavy atom. The maximum atomic E-state index is 13.4. The van der Waals surface area contributed by atoms with E-state index in [0.717, 1.165) is 30.4 Å². The Balaban J connectivity index is 1.48. The molecule has 2 aromatic carbocycles. The van der Waals surface area contributed by atoms with Gasteiger partial charge in [0.25, 0.3) is 0 Å². The Bertz CT molecular complexity index is 1120. The number of anilines is 1. The lowest BCUT2D eigenvalue weighted by atomic mass is 9.99. The molecular formula is C24H25N3O3S. The van der Waals surface area contributed by atoms with Crippen molar-refractivity contribution in [1.82, 2.24) is 9.29 Å². The monoisotopic (exact) mass is 435 g/mol. The lowest BCUT2D eigenvalue weighted by Gasteiger charge is -2.34. The van der Waals surface area contributed by atoms with Crippen molar-refractivity contribution in [3.8, 4) is 0 Å². The molecule has 0 spiro atoms. The van der Waals surface area contributed by atoms with E-state index in [-0.39, 0.29) is 23.3 Å². The predicted molar refractivity (Wildman–Crippen MR) is 120 cm³/mol. The molecule has 0 saturated carbocycles. The van der Waals surface area contributed by atoms with Crippen molar-refractivity contribution < 1.29 is 13.2 Å². The van der Waals surface area contributed by atoms with Crippen LogP contribution in [0.5, 0.6) is 0 Å². The second kappa shape index (κ2) is 9.41. The molecule has 4 rings (SSSR count). The Morgan fingerprint density at radius 2 is 1.77 bits per heavy atom. The molecule has 1 aliphatic rings. The number of hydrogen-bond donors (Lipinski definition) is 1. The SMILES string of the molecule is O=C(Cc1ccccc1)Nc1ccc(S(=O)(=O)N2CCCCC2c2cccnc2)cc1. The minimum absolute atomic E-state index is 0.144. The zero-order valence-corrected chi connectivity index (χ0v) is 18.0. The fourth-order valence-corrected chi connectivity index (χ4v) is 5.61. The molecule has 1 aromatic heterocycles. The van der Waals surface area contributed by atoms with Gasteiger partial charge in [0.05, 0.1) is 17.4 Å². The maximum Gasteiger partial charge on any atom is 0.243 e. The first-order valence-corrected chi connectivity index (χ1v) is 11.8. The molecule has 1 saturated heterocycles. The normalized spacial score (nSPS) is 17.2. The number of carbonyl (C=O) groups is 1. The summed E-state index contributed by atoms with van der Waals surface area (Å²) in [6, 6.07) is 19.4. The Morgan fingerprint density at radius 1 is 1.00 bits per heavy atom. The Hall–Kier alpha value is -3.03. The van der Waals surface area contributed by atoms with E-state index >= 15 is 0 Å². The van der Waals surface area contributed by atoms with Gasteiger partial charge in [-0.3, -0.25) is 9.78 Å². The molecule has 3 aromatic rings. The van der Waals surface area contributed by atoms with Crippen molar-refractivity contribution in [2.45, 2.75) is 36.6 Å². The number of nitrogens with one attached hydrogen (secondary N) is 1. The summed E-state index contributed by atoms with van der Waals surface area (Å²) in [6.07, 6.45) is 6.29. The van der Waals surface area contributed by atoms with Gasteiger partial charge in [-0.2, -0.15) is 4.31 Å². The molecule has 1 aliphatic heterocycles. The molecule has 6 nitrogen and oxygen atoms in total. The second-order valence-corrected chi connectivity index (χ2v) is 9.54. The molecular weight excluding hydrogens is 410 g/mol. The highest BCUT2D eigenvalue weighted by molar-refractivity contribution is 7.89. The van der Waals surface area contributed by atoms with Gasteiger partial charge < -0.3 is 5.32 Å². The molecule has 1 fully saturated rings. The van der Waals surface area contributed by atoms with Crippen molar-refractivity contribution >= 4 is 21.6 Å². The molecule has 0 aliphatic carbocycles. The summed E-state index contributed by atoms with van der Waals surface area (Å²) < 4.78 is 28.3. The van der Waals surface area contributed by atoms with Gasteiger partial charge in [-0.1, -0.05) is 42.8 Å². The van der Waals surface area contributed by atoms with E-state index in [9.17, 15) is 13.2 Å². The first kappa shape index (κ1) is 21.2. The first-order valence-electron chi connectivity index (χ1n) is 10.4. The molecule has 1 atom stereocenters. The van der Waals surface area contributed by atoms with Gasteiger partial charge in [-0.15, -0.1) is 0 Å².